The van der Waals surface area contributed by atoms with E-state index in [0.717, 1.165) is 18.4 Å². The molecule has 0 aliphatic carbocycles. The van der Waals surface area contributed by atoms with Gasteiger partial charge in [0, 0.05) is 18.5 Å². The quantitative estimate of drug-likeness (QED) is 0.640. The molecule has 0 aromatic heterocycles. The molecule has 142 valence electrons. The van der Waals surface area contributed by atoms with Crippen LogP contribution in [0, 0.1) is 0 Å². The molecule has 0 N–H and O–H groups in total. The molecular weight excluding hydrogens is 373 g/mol. The van der Waals surface area contributed by atoms with Gasteiger partial charge in [-0.25, -0.2) is 4.79 Å². The number of hydrogen-bond acceptors (Lipinski definition) is 3. The Morgan fingerprint density at radius 2 is 1.92 bits per heavy atom. The van der Waals surface area contributed by atoms with Crippen LogP contribution in [0.5, 0.6) is 0 Å². The van der Waals surface area contributed by atoms with Gasteiger partial charge in [0.05, 0.1) is 10.0 Å². The number of ether oxygens (including phenoxy) is 1. The summed E-state index contributed by atoms with van der Waals surface area (Å²) in [6, 6.07) is 5.46. The Labute approximate surface area is 165 Å². The van der Waals surface area contributed by atoms with E-state index in [2.05, 4.69) is 0 Å². The Morgan fingerprint density at radius 1 is 1.23 bits per heavy atom. The monoisotopic (exact) mass is 397 g/mol. The molecule has 26 heavy (non-hydrogen) atoms. The van der Waals surface area contributed by atoms with E-state index in [1.54, 1.807) is 17.0 Å². The highest BCUT2D eigenvalue weighted by Gasteiger charge is 2.38. The number of piperidine rings is 1. The van der Waals surface area contributed by atoms with Crippen LogP contribution in [-0.4, -0.2) is 35.5 Å². The highest BCUT2D eigenvalue weighted by molar-refractivity contribution is 6.42. The first-order valence-corrected chi connectivity index (χ1v) is 9.41. The zero-order valence-electron chi connectivity index (χ0n) is 15.6. The van der Waals surface area contributed by atoms with Crippen molar-refractivity contribution < 1.29 is 14.3 Å². The van der Waals surface area contributed by atoms with Gasteiger partial charge in [-0.05, 0) is 64.3 Å². The minimum absolute atomic E-state index is 0.0428. The average Bonchev–Trinajstić information content (AvgIpc) is 2.54. The van der Waals surface area contributed by atoms with Gasteiger partial charge in [-0.1, -0.05) is 35.3 Å². The number of carbonyl (C=O) groups excluding carboxylic acids is 2. The van der Waals surface area contributed by atoms with Crippen LogP contribution in [0.2, 0.25) is 10.0 Å². The van der Waals surface area contributed by atoms with E-state index in [1.165, 1.54) is 6.92 Å². The third-order valence-electron chi connectivity index (χ3n) is 4.31. The normalized spacial score (nSPS) is 21.1. The highest BCUT2D eigenvalue weighted by Crippen LogP contribution is 2.38. The first kappa shape index (κ1) is 20.8. The van der Waals surface area contributed by atoms with Gasteiger partial charge >= 0.3 is 6.09 Å². The van der Waals surface area contributed by atoms with Crippen molar-refractivity contribution in [2.45, 2.75) is 51.6 Å². The number of halogens is 2. The lowest BCUT2D eigenvalue weighted by atomic mass is 9.73. The van der Waals surface area contributed by atoms with E-state index in [-0.39, 0.29) is 11.9 Å². The first-order chi connectivity index (χ1) is 12.0. The minimum Gasteiger partial charge on any atom is -0.444 e. The summed E-state index contributed by atoms with van der Waals surface area (Å²) >= 11 is 12.3. The van der Waals surface area contributed by atoms with Crippen molar-refractivity contribution in [3.63, 3.8) is 0 Å². The van der Waals surface area contributed by atoms with Crippen LogP contribution in [0.15, 0.2) is 30.4 Å². The number of likely N-dealkylation sites (tertiary alicyclic amines) is 1. The number of nitrogens with zero attached hydrogens (tertiary/aromatic N) is 1. The number of allylic oxidation sites excluding steroid dienone is 1. The van der Waals surface area contributed by atoms with Crippen LogP contribution in [0.3, 0.4) is 0 Å². The second kappa shape index (κ2) is 8.01. The van der Waals surface area contributed by atoms with Gasteiger partial charge in [-0.15, -0.1) is 0 Å². The molecule has 2 rings (SSSR count). The van der Waals surface area contributed by atoms with Crippen LogP contribution in [-0.2, 0) is 14.9 Å². The van der Waals surface area contributed by atoms with Crippen molar-refractivity contribution in [3.05, 3.63) is 46.0 Å². The third kappa shape index (κ3) is 5.24. The van der Waals surface area contributed by atoms with Crippen LogP contribution < -0.4 is 0 Å². The summed E-state index contributed by atoms with van der Waals surface area (Å²) in [7, 11) is 0. The second-order valence-electron chi connectivity index (χ2n) is 7.73. The lowest BCUT2D eigenvalue weighted by molar-refractivity contribution is -0.112. The Morgan fingerprint density at radius 3 is 2.50 bits per heavy atom. The predicted octanol–water partition coefficient (Wildman–Crippen LogP) is 5.41. The minimum atomic E-state index is -0.560. The molecule has 0 bridgehead atoms. The van der Waals surface area contributed by atoms with Gasteiger partial charge in [-0.3, -0.25) is 4.79 Å². The number of amides is 1. The number of carbonyl (C=O) groups is 2. The average molecular weight is 398 g/mol. The van der Waals surface area contributed by atoms with Crippen LogP contribution in [0.25, 0.3) is 0 Å². The van der Waals surface area contributed by atoms with Crippen molar-refractivity contribution in [3.8, 4) is 0 Å². The zero-order chi connectivity index (χ0) is 19.5. The predicted molar refractivity (Wildman–Crippen MR) is 105 cm³/mol. The summed E-state index contributed by atoms with van der Waals surface area (Å²) in [6.07, 6.45) is 4.68. The van der Waals surface area contributed by atoms with E-state index < -0.39 is 11.0 Å². The van der Waals surface area contributed by atoms with E-state index in [1.807, 2.05) is 39.0 Å². The number of ketones is 1. The summed E-state index contributed by atoms with van der Waals surface area (Å²) < 4.78 is 5.52. The lowest BCUT2D eigenvalue weighted by Gasteiger charge is -2.42. The largest absolute Gasteiger partial charge is 0.444 e. The maximum absolute atomic E-state index is 12.6. The molecule has 0 radical (unpaired) electrons. The first-order valence-electron chi connectivity index (χ1n) is 8.66. The van der Waals surface area contributed by atoms with E-state index in [0.29, 0.717) is 23.1 Å². The fraction of sp³-hybridized carbons (Fsp3) is 0.500. The van der Waals surface area contributed by atoms with Crippen LogP contribution in [0.1, 0.15) is 46.1 Å². The zero-order valence-corrected chi connectivity index (χ0v) is 17.2. The molecule has 1 fully saturated rings. The SMILES string of the molecule is CC(=O)C=CC1(c2ccc(Cl)c(Cl)c2)CCCN(C(=O)OC(C)(C)C)C1. The van der Waals surface area contributed by atoms with Crippen LogP contribution >= 0.6 is 23.2 Å². The molecule has 1 heterocycles. The molecule has 1 aliphatic rings. The lowest BCUT2D eigenvalue weighted by Crippen LogP contribution is -2.49. The molecule has 0 saturated carbocycles. The van der Waals surface area contributed by atoms with Gasteiger partial charge in [0.2, 0.25) is 0 Å². The molecular formula is C20H25Cl2NO3. The molecule has 1 aromatic rings. The third-order valence-corrected chi connectivity index (χ3v) is 5.05. The molecule has 0 spiro atoms. The number of rotatable bonds is 3. The van der Waals surface area contributed by atoms with Crippen molar-refractivity contribution in [2.24, 2.45) is 0 Å². The van der Waals surface area contributed by atoms with Gasteiger partial charge in [0.25, 0.3) is 0 Å². The smallest absolute Gasteiger partial charge is 0.410 e. The number of hydrogen-bond donors (Lipinski definition) is 0. The number of benzene rings is 1. The fourth-order valence-corrected chi connectivity index (χ4v) is 3.42. The fourth-order valence-electron chi connectivity index (χ4n) is 3.12. The van der Waals surface area contributed by atoms with Gasteiger partial charge in [0.15, 0.2) is 5.78 Å². The maximum Gasteiger partial charge on any atom is 0.410 e. The molecule has 1 unspecified atom stereocenters. The van der Waals surface area contributed by atoms with E-state index >= 15 is 0 Å². The molecule has 1 aromatic carbocycles. The molecule has 1 amide bonds. The molecule has 6 heteroatoms. The molecule has 1 saturated heterocycles. The van der Waals surface area contributed by atoms with Crippen molar-refractivity contribution in [1.82, 2.24) is 4.90 Å². The van der Waals surface area contributed by atoms with Crippen molar-refractivity contribution >= 4 is 35.1 Å². The second-order valence-corrected chi connectivity index (χ2v) is 8.55. The Bertz CT molecular complexity index is 724. The summed E-state index contributed by atoms with van der Waals surface area (Å²) in [5.74, 6) is -0.0428. The summed E-state index contributed by atoms with van der Waals surface area (Å²) in [5, 5.41) is 0.926. The Kier molecular flexibility index (Phi) is 6.41. The molecule has 1 atom stereocenters. The molecule has 1 aliphatic heterocycles. The van der Waals surface area contributed by atoms with E-state index in [9.17, 15) is 9.59 Å². The van der Waals surface area contributed by atoms with E-state index in [4.69, 9.17) is 27.9 Å². The Balaban J connectivity index is 2.39. The highest BCUT2D eigenvalue weighted by atomic mass is 35.5. The summed E-state index contributed by atoms with van der Waals surface area (Å²) in [4.78, 5) is 25.8. The summed E-state index contributed by atoms with van der Waals surface area (Å²) in [6.45, 7) is 8.08. The van der Waals surface area contributed by atoms with Gasteiger partial charge in [0.1, 0.15) is 5.60 Å². The summed E-state index contributed by atoms with van der Waals surface area (Å²) in [5.41, 5.74) is -0.136. The van der Waals surface area contributed by atoms with Gasteiger partial charge < -0.3 is 9.64 Å². The molecule has 4 nitrogen and oxygen atoms in total. The van der Waals surface area contributed by atoms with Gasteiger partial charge in [-0.2, -0.15) is 0 Å². The van der Waals surface area contributed by atoms with Crippen LogP contribution in [0.4, 0.5) is 4.79 Å². The Hall–Kier alpha value is -1.52. The van der Waals surface area contributed by atoms with Crippen molar-refractivity contribution in [2.75, 3.05) is 13.1 Å². The maximum atomic E-state index is 12.6. The standard InChI is InChI=1S/C20H25Cl2NO3/c1-14(24)8-10-20(15-6-7-16(21)17(22)12-15)9-5-11-23(13-20)18(25)26-19(2,3)4/h6-8,10,12H,5,9,11,13H2,1-4H3. The van der Waals surface area contributed by atoms with Crippen molar-refractivity contribution in [1.29, 1.82) is 0 Å². The topological polar surface area (TPSA) is 46.6 Å².